The minimum atomic E-state index is -4.67. The maximum Gasteiger partial charge on any atom is 0.433 e. The number of nitrogens with zero attached hydrogens (tertiary/aromatic N) is 6. The van der Waals surface area contributed by atoms with E-state index in [1.165, 1.54) is 53.6 Å². The Bertz CT molecular complexity index is 1630. The average Bonchev–Trinajstić information content (AvgIpc) is 3.38. The molecule has 0 saturated carbocycles. The highest BCUT2D eigenvalue weighted by Crippen LogP contribution is 2.34. The van der Waals surface area contributed by atoms with Gasteiger partial charge in [0.05, 0.1) is 29.7 Å². The second-order valence-electron chi connectivity index (χ2n) is 8.16. The van der Waals surface area contributed by atoms with E-state index in [0.29, 0.717) is 5.56 Å². The summed E-state index contributed by atoms with van der Waals surface area (Å²) in [5, 5.41) is 6.69. The van der Waals surface area contributed by atoms with E-state index in [4.69, 9.17) is 0 Å². The van der Waals surface area contributed by atoms with E-state index < -0.39 is 17.8 Å². The molecular weight excluding hydrogens is 499 g/mol. The number of halogens is 3. The summed E-state index contributed by atoms with van der Waals surface area (Å²) in [4.78, 5) is 37.0. The van der Waals surface area contributed by atoms with E-state index >= 15 is 0 Å². The van der Waals surface area contributed by atoms with Crippen LogP contribution >= 0.6 is 0 Å². The third-order valence-corrected chi connectivity index (χ3v) is 5.54. The molecule has 0 radical (unpaired) electrons. The number of hydrogen-bond donors (Lipinski definition) is 1. The largest absolute Gasteiger partial charge is 0.433 e. The molecule has 0 aliphatic rings. The molecule has 5 rings (SSSR count). The van der Waals surface area contributed by atoms with Crippen molar-refractivity contribution >= 4 is 11.7 Å². The molecule has 0 unspecified atom stereocenters. The van der Waals surface area contributed by atoms with Gasteiger partial charge in [0.1, 0.15) is 11.5 Å². The lowest BCUT2D eigenvalue weighted by Gasteiger charge is -2.11. The van der Waals surface area contributed by atoms with E-state index in [-0.39, 0.29) is 34.9 Å². The summed E-state index contributed by atoms with van der Waals surface area (Å²) in [6.07, 6.45) is 4.07. The molecular formula is C26H18F3N7O2. The normalized spacial score (nSPS) is 11.3. The highest BCUT2D eigenvalue weighted by atomic mass is 19.4. The predicted octanol–water partition coefficient (Wildman–Crippen LogP) is 4.21. The van der Waals surface area contributed by atoms with Crippen LogP contribution in [0.3, 0.4) is 0 Å². The van der Waals surface area contributed by atoms with E-state index in [1.807, 2.05) is 0 Å². The smallest absolute Gasteiger partial charge is 0.310 e. The number of aromatic nitrogens is 6. The second-order valence-corrected chi connectivity index (χ2v) is 8.16. The summed E-state index contributed by atoms with van der Waals surface area (Å²) in [6, 6.07) is 13.1. The van der Waals surface area contributed by atoms with Crippen molar-refractivity contribution in [1.82, 2.24) is 29.3 Å². The molecule has 12 heteroatoms. The summed E-state index contributed by atoms with van der Waals surface area (Å²) < 4.78 is 43.3. The first kappa shape index (κ1) is 24.6. The van der Waals surface area contributed by atoms with Crippen molar-refractivity contribution in [3.63, 3.8) is 0 Å². The number of amides is 1. The molecule has 5 aromatic rings. The maximum atomic E-state index is 13.7. The fourth-order valence-corrected chi connectivity index (χ4v) is 3.68. The molecule has 1 N–H and O–H groups in total. The Balaban J connectivity index is 1.37. The Morgan fingerprint density at radius 1 is 0.947 bits per heavy atom. The van der Waals surface area contributed by atoms with Crippen LogP contribution in [0.1, 0.15) is 21.6 Å². The van der Waals surface area contributed by atoms with Gasteiger partial charge in [-0.2, -0.15) is 18.3 Å². The summed E-state index contributed by atoms with van der Waals surface area (Å²) >= 11 is 0. The van der Waals surface area contributed by atoms with E-state index in [0.717, 1.165) is 16.3 Å². The molecule has 0 bridgehead atoms. The van der Waals surface area contributed by atoms with Crippen LogP contribution in [0.25, 0.3) is 16.9 Å². The lowest BCUT2D eigenvalue weighted by molar-refractivity contribution is -0.142. The molecule has 0 atom stereocenters. The van der Waals surface area contributed by atoms with Crippen LogP contribution in [-0.4, -0.2) is 35.2 Å². The molecule has 190 valence electrons. The van der Waals surface area contributed by atoms with E-state index in [2.05, 4.69) is 25.4 Å². The van der Waals surface area contributed by atoms with E-state index in [1.54, 1.807) is 36.7 Å². The van der Waals surface area contributed by atoms with Crippen molar-refractivity contribution in [2.75, 3.05) is 5.32 Å². The van der Waals surface area contributed by atoms with Crippen LogP contribution in [0.15, 0.2) is 96.6 Å². The van der Waals surface area contributed by atoms with Gasteiger partial charge in [-0.05, 0) is 54.1 Å². The Kier molecular flexibility index (Phi) is 6.52. The molecule has 5 aromatic heterocycles. The van der Waals surface area contributed by atoms with Crippen molar-refractivity contribution in [3.05, 3.63) is 119 Å². The van der Waals surface area contributed by atoms with Gasteiger partial charge in [-0.15, -0.1) is 0 Å². The zero-order valence-corrected chi connectivity index (χ0v) is 19.5. The first-order valence-electron chi connectivity index (χ1n) is 11.2. The summed E-state index contributed by atoms with van der Waals surface area (Å²) in [6.45, 7) is 0.252. The van der Waals surface area contributed by atoms with Gasteiger partial charge in [-0.1, -0.05) is 0 Å². The minimum Gasteiger partial charge on any atom is -0.310 e. The van der Waals surface area contributed by atoms with Gasteiger partial charge < -0.3 is 9.88 Å². The van der Waals surface area contributed by atoms with Crippen molar-refractivity contribution in [2.45, 2.75) is 12.7 Å². The van der Waals surface area contributed by atoms with Gasteiger partial charge in [0.2, 0.25) is 0 Å². The Morgan fingerprint density at radius 3 is 2.45 bits per heavy atom. The Labute approximate surface area is 213 Å². The summed E-state index contributed by atoms with van der Waals surface area (Å²) in [5.41, 5.74) is 0.357. The maximum absolute atomic E-state index is 13.7. The van der Waals surface area contributed by atoms with Crippen LogP contribution in [0, 0.1) is 0 Å². The number of carbonyl (C=O) groups excluding carboxylic acids is 1. The zero-order chi connectivity index (χ0) is 26.7. The summed E-state index contributed by atoms with van der Waals surface area (Å²) in [7, 11) is 0. The third-order valence-electron chi connectivity index (χ3n) is 5.54. The van der Waals surface area contributed by atoms with Gasteiger partial charge in [-0.25, -0.2) is 9.67 Å². The molecule has 1 amide bonds. The zero-order valence-electron chi connectivity index (χ0n) is 19.5. The molecule has 9 nitrogen and oxygen atoms in total. The van der Waals surface area contributed by atoms with Crippen molar-refractivity contribution < 1.29 is 18.0 Å². The van der Waals surface area contributed by atoms with Gasteiger partial charge in [0.15, 0.2) is 0 Å². The van der Waals surface area contributed by atoms with Crippen LogP contribution in [0.4, 0.5) is 19.0 Å². The molecule has 0 aliphatic heterocycles. The predicted molar refractivity (Wildman–Crippen MR) is 132 cm³/mol. The first-order valence-corrected chi connectivity index (χ1v) is 11.2. The van der Waals surface area contributed by atoms with Crippen molar-refractivity contribution in [3.8, 4) is 16.9 Å². The van der Waals surface area contributed by atoms with Crippen LogP contribution in [0.2, 0.25) is 0 Å². The number of carbonyl (C=O) groups is 1. The molecule has 0 spiro atoms. The van der Waals surface area contributed by atoms with Gasteiger partial charge in [0.25, 0.3) is 11.5 Å². The standard InChI is InChI=1S/C26H18F3N7O2/c27-26(28,29)22-12-21(18-2-1-9-31-13-18)34-36(22)20-4-5-23(32-14-20)33-25(38)19-3-6-24(37)35(16-19)15-17-7-10-30-11-8-17/h1-14,16H,15H2,(H,32,33,38). The van der Waals surface area contributed by atoms with Crippen LogP contribution in [0.5, 0.6) is 0 Å². The number of hydrogen-bond acceptors (Lipinski definition) is 6. The molecule has 0 aliphatic carbocycles. The fraction of sp³-hybridized carbons (Fsp3) is 0.0769. The minimum absolute atomic E-state index is 0.0522. The molecule has 5 heterocycles. The topological polar surface area (TPSA) is 108 Å². The number of rotatable bonds is 6. The number of pyridine rings is 4. The molecule has 0 fully saturated rings. The van der Waals surface area contributed by atoms with Gasteiger partial charge in [-0.3, -0.25) is 19.6 Å². The van der Waals surface area contributed by atoms with E-state index in [9.17, 15) is 22.8 Å². The SMILES string of the molecule is O=C(Nc1ccc(-n2nc(-c3cccnc3)cc2C(F)(F)F)cn1)c1ccc(=O)n(Cc2ccncc2)c1. The lowest BCUT2D eigenvalue weighted by atomic mass is 10.2. The van der Waals surface area contributed by atoms with Gasteiger partial charge in [0, 0.05) is 42.6 Å². The second kappa shape index (κ2) is 10.1. The van der Waals surface area contributed by atoms with Crippen LogP contribution < -0.4 is 10.9 Å². The monoisotopic (exact) mass is 517 g/mol. The van der Waals surface area contributed by atoms with Crippen LogP contribution in [-0.2, 0) is 12.7 Å². The number of alkyl halides is 3. The molecule has 0 saturated heterocycles. The highest BCUT2D eigenvalue weighted by Gasteiger charge is 2.36. The quantitative estimate of drug-likeness (QED) is 0.362. The number of anilines is 1. The summed E-state index contributed by atoms with van der Waals surface area (Å²) in [5.74, 6) is -0.429. The highest BCUT2D eigenvalue weighted by molar-refractivity contribution is 6.03. The lowest BCUT2D eigenvalue weighted by Crippen LogP contribution is -2.22. The molecule has 0 aromatic carbocycles. The van der Waals surface area contributed by atoms with Crippen molar-refractivity contribution in [1.29, 1.82) is 0 Å². The average molecular weight is 517 g/mol. The Hall–Kier alpha value is -5.13. The first-order chi connectivity index (χ1) is 18.3. The fourth-order valence-electron chi connectivity index (χ4n) is 3.68. The third kappa shape index (κ3) is 5.33. The van der Waals surface area contributed by atoms with Gasteiger partial charge >= 0.3 is 6.18 Å². The Morgan fingerprint density at radius 2 is 1.76 bits per heavy atom. The molecule has 38 heavy (non-hydrogen) atoms. The van der Waals surface area contributed by atoms with Crippen molar-refractivity contribution in [2.24, 2.45) is 0 Å². The number of nitrogens with one attached hydrogen (secondary N) is 1.